The average Bonchev–Trinajstić information content (AvgIpc) is 2.69. The third-order valence-corrected chi connectivity index (χ3v) is 3.58. The van der Waals surface area contributed by atoms with Gasteiger partial charge in [0.15, 0.2) is 0 Å². The van der Waals surface area contributed by atoms with Crippen molar-refractivity contribution in [3.05, 3.63) is 71.3 Å². The number of carbonyl (C=O) groups excluding carboxylic acids is 1. The van der Waals surface area contributed by atoms with E-state index in [1.165, 1.54) is 0 Å². The second kappa shape index (κ2) is 12.5. The number of carbonyl (C=O) groups is 2. The maximum absolute atomic E-state index is 11.9. The molecule has 0 aromatic heterocycles. The Balaban J connectivity index is 0.00000176. The summed E-state index contributed by atoms with van der Waals surface area (Å²) in [5.74, 6) is -1.11. The molecule has 2 aromatic rings. The number of aliphatic carboxylic acids is 1. The fraction of sp³-hybridized carbons (Fsp3) is 0.333. The number of benzene rings is 2. The van der Waals surface area contributed by atoms with Crippen LogP contribution in [-0.2, 0) is 33.9 Å². The van der Waals surface area contributed by atoms with E-state index >= 15 is 0 Å². The van der Waals surface area contributed by atoms with Gasteiger partial charge in [-0.25, -0.2) is 9.59 Å². The molecular weight excluding hydrogens is 346 g/mol. The molecule has 0 radical (unpaired) electrons. The first-order valence-electron chi connectivity index (χ1n) is 8.85. The van der Waals surface area contributed by atoms with Crippen LogP contribution in [0.15, 0.2) is 54.6 Å². The van der Waals surface area contributed by atoms with Gasteiger partial charge in [-0.1, -0.05) is 68.4 Å². The Morgan fingerprint density at radius 3 is 2.00 bits per heavy atom. The summed E-state index contributed by atoms with van der Waals surface area (Å²) >= 11 is 0. The zero-order valence-corrected chi connectivity index (χ0v) is 16.0. The standard InChI is InChI=1S/C19H21NO5.C2H6/c1-24-12-15-7-9-16(10-8-15)13-25-19(23)20-17(18(21)22)11-14-5-3-2-4-6-14;1-2/h2-10,17H,11-13H2,1H3,(H,20,23)(H,21,22);1-2H3. The lowest BCUT2D eigenvalue weighted by atomic mass is 10.1. The van der Waals surface area contributed by atoms with Crippen LogP contribution >= 0.6 is 0 Å². The second-order valence-electron chi connectivity index (χ2n) is 5.55. The van der Waals surface area contributed by atoms with Gasteiger partial charge >= 0.3 is 12.1 Å². The lowest BCUT2D eigenvalue weighted by Crippen LogP contribution is -2.42. The van der Waals surface area contributed by atoms with Crippen LogP contribution in [-0.4, -0.2) is 30.3 Å². The predicted molar refractivity (Wildman–Crippen MR) is 103 cm³/mol. The minimum Gasteiger partial charge on any atom is -0.480 e. The molecule has 146 valence electrons. The van der Waals surface area contributed by atoms with E-state index in [0.29, 0.717) is 6.61 Å². The number of alkyl carbamates (subject to hydrolysis) is 1. The van der Waals surface area contributed by atoms with Crippen LogP contribution in [0, 0.1) is 0 Å². The molecule has 0 aliphatic heterocycles. The first-order chi connectivity index (χ1) is 13.1. The maximum atomic E-state index is 11.9. The van der Waals surface area contributed by atoms with Gasteiger partial charge in [0.05, 0.1) is 6.61 Å². The molecular formula is C21H27NO5. The van der Waals surface area contributed by atoms with Crippen LogP contribution in [0.4, 0.5) is 4.79 Å². The van der Waals surface area contributed by atoms with Crippen LogP contribution in [0.3, 0.4) is 0 Å². The quantitative estimate of drug-likeness (QED) is 0.735. The molecule has 0 heterocycles. The summed E-state index contributed by atoms with van der Waals surface area (Å²) < 4.78 is 10.1. The molecule has 1 unspecified atom stereocenters. The zero-order chi connectivity index (χ0) is 20.1. The van der Waals surface area contributed by atoms with Crippen molar-refractivity contribution >= 4 is 12.1 Å². The Morgan fingerprint density at radius 2 is 1.48 bits per heavy atom. The van der Waals surface area contributed by atoms with Gasteiger partial charge in [-0.3, -0.25) is 0 Å². The van der Waals surface area contributed by atoms with Crippen molar-refractivity contribution in [1.82, 2.24) is 5.32 Å². The number of ether oxygens (including phenoxy) is 2. The molecule has 6 heteroatoms. The van der Waals surface area contributed by atoms with Crippen molar-refractivity contribution in [2.24, 2.45) is 0 Å². The number of hydrogen-bond donors (Lipinski definition) is 2. The van der Waals surface area contributed by atoms with Crippen molar-refractivity contribution in [1.29, 1.82) is 0 Å². The molecule has 2 N–H and O–H groups in total. The molecule has 0 saturated carbocycles. The van der Waals surface area contributed by atoms with Crippen LogP contribution in [0.2, 0.25) is 0 Å². The van der Waals surface area contributed by atoms with Crippen molar-refractivity contribution < 1.29 is 24.2 Å². The van der Waals surface area contributed by atoms with Gasteiger partial charge in [0.25, 0.3) is 0 Å². The Morgan fingerprint density at radius 1 is 0.926 bits per heavy atom. The summed E-state index contributed by atoms with van der Waals surface area (Å²) in [6.07, 6.45) is -0.568. The number of carboxylic acid groups (broad SMARTS) is 1. The second-order valence-corrected chi connectivity index (χ2v) is 5.55. The van der Waals surface area contributed by atoms with Gasteiger partial charge < -0.3 is 19.9 Å². The molecule has 0 saturated heterocycles. The molecule has 0 aliphatic carbocycles. The molecule has 2 aromatic carbocycles. The molecule has 2 rings (SSSR count). The largest absolute Gasteiger partial charge is 0.480 e. The SMILES string of the molecule is CC.COCc1ccc(COC(=O)NC(Cc2ccccc2)C(=O)O)cc1. The average molecular weight is 373 g/mol. The maximum Gasteiger partial charge on any atom is 0.408 e. The topological polar surface area (TPSA) is 84.9 Å². The van der Waals surface area contributed by atoms with E-state index < -0.39 is 18.1 Å². The fourth-order valence-corrected chi connectivity index (χ4v) is 2.28. The van der Waals surface area contributed by atoms with Gasteiger partial charge in [0.1, 0.15) is 12.6 Å². The van der Waals surface area contributed by atoms with Gasteiger partial charge in [-0.2, -0.15) is 0 Å². The van der Waals surface area contributed by atoms with Crippen molar-refractivity contribution in [2.45, 2.75) is 39.5 Å². The minimum atomic E-state index is -1.11. The van der Waals surface area contributed by atoms with Crippen molar-refractivity contribution in [2.75, 3.05) is 7.11 Å². The van der Waals surface area contributed by atoms with E-state index in [1.807, 2.05) is 68.4 Å². The zero-order valence-electron chi connectivity index (χ0n) is 16.0. The lowest BCUT2D eigenvalue weighted by molar-refractivity contribution is -0.139. The Bertz CT molecular complexity index is 685. The van der Waals surface area contributed by atoms with Crippen LogP contribution in [0.1, 0.15) is 30.5 Å². The van der Waals surface area contributed by atoms with E-state index in [0.717, 1.165) is 16.7 Å². The number of nitrogens with one attached hydrogen (secondary N) is 1. The predicted octanol–water partition coefficient (Wildman–Crippen LogP) is 3.78. The number of hydrogen-bond acceptors (Lipinski definition) is 4. The Hall–Kier alpha value is -2.86. The van der Waals surface area contributed by atoms with Crippen LogP contribution in [0.5, 0.6) is 0 Å². The number of amides is 1. The molecule has 27 heavy (non-hydrogen) atoms. The van der Waals surface area contributed by atoms with Crippen LogP contribution < -0.4 is 5.32 Å². The third kappa shape index (κ3) is 8.37. The molecule has 0 bridgehead atoms. The molecule has 1 atom stereocenters. The summed E-state index contributed by atoms with van der Waals surface area (Å²) in [5.41, 5.74) is 2.65. The smallest absolute Gasteiger partial charge is 0.408 e. The van der Waals surface area contributed by atoms with Gasteiger partial charge in [0.2, 0.25) is 0 Å². The summed E-state index contributed by atoms with van der Waals surface area (Å²) in [7, 11) is 1.62. The third-order valence-electron chi connectivity index (χ3n) is 3.58. The summed E-state index contributed by atoms with van der Waals surface area (Å²) in [6.45, 7) is 4.58. The van der Waals surface area contributed by atoms with E-state index in [4.69, 9.17) is 9.47 Å². The van der Waals surface area contributed by atoms with Gasteiger partial charge in [-0.05, 0) is 16.7 Å². The van der Waals surface area contributed by atoms with Crippen LogP contribution in [0.25, 0.3) is 0 Å². The minimum absolute atomic E-state index is 0.0662. The normalized spacial score (nSPS) is 10.9. The lowest BCUT2D eigenvalue weighted by Gasteiger charge is -2.15. The first-order valence-corrected chi connectivity index (χ1v) is 8.85. The number of carboxylic acids is 1. The summed E-state index contributed by atoms with van der Waals surface area (Å²) in [6, 6.07) is 15.5. The van der Waals surface area contributed by atoms with E-state index in [-0.39, 0.29) is 13.0 Å². The molecule has 1 amide bonds. The van der Waals surface area contributed by atoms with Crippen molar-refractivity contribution in [3.63, 3.8) is 0 Å². The molecule has 6 nitrogen and oxygen atoms in total. The molecule has 0 spiro atoms. The Labute approximate surface area is 160 Å². The number of methoxy groups -OCH3 is 1. The van der Waals surface area contributed by atoms with Gasteiger partial charge in [0, 0.05) is 13.5 Å². The highest BCUT2D eigenvalue weighted by Crippen LogP contribution is 2.08. The van der Waals surface area contributed by atoms with E-state index in [2.05, 4.69) is 5.32 Å². The number of rotatable bonds is 8. The molecule has 0 fully saturated rings. The first kappa shape index (κ1) is 22.2. The van der Waals surface area contributed by atoms with E-state index in [9.17, 15) is 14.7 Å². The highest BCUT2D eigenvalue weighted by Gasteiger charge is 2.21. The highest BCUT2D eigenvalue weighted by atomic mass is 16.5. The Kier molecular flexibility index (Phi) is 10.3. The summed E-state index contributed by atoms with van der Waals surface area (Å²) in [5, 5.41) is 11.7. The van der Waals surface area contributed by atoms with Crippen molar-refractivity contribution in [3.8, 4) is 0 Å². The van der Waals surface area contributed by atoms with E-state index in [1.54, 1.807) is 7.11 Å². The fourth-order valence-electron chi connectivity index (χ4n) is 2.28. The summed E-state index contributed by atoms with van der Waals surface area (Å²) in [4.78, 5) is 23.2. The molecule has 0 aliphatic rings. The monoisotopic (exact) mass is 373 g/mol. The van der Waals surface area contributed by atoms with Gasteiger partial charge in [-0.15, -0.1) is 0 Å². The highest BCUT2D eigenvalue weighted by molar-refractivity contribution is 5.80.